The predicted molar refractivity (Wildman–Crippen MR) is 109 cm³/mol. The number of nitrogens with one attached hydrogen (secondary N) is 1. The Kier molecular flexibility index (Phi) is 6.05. The number of carbonyl (C=O) groups excluding carboxylic acids is 2. The smallest absolute Gasteiger partial charge is 0.251 e. The molecule has 1 unspecified atom stereocenters. The summed E-state index contributed by atoms with van der Waals surface area (Å²) in [6, 6.07) is 10.1. The highest BCUT2D eigenvalue weighted by atomic mass is 32.1. The summed E-state index contributed by atoms with van der Waals surface area (Å²) in [6.45, 7) is 1.42. The van der Waals surface area contributed by atoms with Gasteiger partial charge in [-0.3, -0.25) is 9.59 Å². The van der Waals surface area contributed by atoms with Crippen LogP contribution in [0.4, 0.5) is 19.5 Å². The van der Waals surface area contributed by atoms with E-state index in [1.165, 1.54) is 18.2 Å². The number of rotatable bonds is 7. The number of hydrogen-bond donors (Lipinski definition) is 3. The van der Waals surface area contributed by atoms with Gasteiger partial charge in [0.1, 0.15) is 22.9 Å². The fraction of sp³-hybridized carbons (Fsp3) is 0.143. The summed E-state index contributed by atoms with van der Waals surface area (Å²) < 4.78 is 29.3. The van der Waals surface area contributed by atoms with Gasteiger partial charge in [0.05, 0.1) is 11.1 Å². The molecule has 150 valence electrons. The highest BCUT2D eigenvalue weighted by Crippen LogP contribution is 2.40. The number of anilines is 2. The molecule has 0 radical (unpaired) electrons. The van der Waals surface area contributed by atoms with Gasteiger partial charge in [-0.25, -0.2) is 8.78 Å². The normalized spacial score (nSPS) is 11.9. The highest BCUT2D eigenvalue weighted by molar-refractivity contribution is 7.20. The molecule has 2 aromatic carbocycles. The van der Waals surface area contributed by atoms with E-state index in [4.69, 9.17) is 5.73 Å². The van der Waals surface area contributed by atoms with Crippen molar-refractivity contribution in [3.8, 4) is 10.4 Å². The summed E-state index contributed by atoms with van der Waals surface area (Å²) in [5.74, 6) is -2.74. The van der Waals surface area contributed by atoms with E-state index in [1.54, 1.807) is 31.2 Å². The van der Waals surface area contributed by atoms with Crippen LogP contribution in [0.2, 0.25) is 0 Å². The van der Waals surface area contributed by atoms with Crippen LogP contribution in [0.1, 0.15) is 39.1 Å². The monoisotopic (exact) mass is 416 g/mol. The first-order valence-electron chi connectivity index (χ1n) is 8.70. The van der Waals surface area contributed by atoms with Gasteiger partial charge >= 0.3 is 0 Å². The molecular formula is C21H18F2N2O3S. The van der Waals surface area contributed by atoms with Crippen molar-refractivity contribution >= 4 is 34.2 Å². The molecule has 0 saturated carbocycles. The summed E-state index contributed by atoms with van der Waals surface area (Å²) in [7, 11) is 0. The van der Waals surface area contributed by atoms with Crippen LogP contribution >= 0.6 is 11.3 Å². The first kappa shape index (κ1) is 20.6. The molecule has 3 aromatic rings. The van der Waals surface area contributed by atoms with Crippen molar-refractivity contribution < 1.29 is 23.5 Å². The Balaban J connectivity index is 2.02. The Hall–Kier alpha value is -3.10. The second kappa shape index (κ2) is 8.50. The minimum Gasteiger partial charge on any atom is -0.396 e. The molecule has 5 nitrogen and oxygen atoms in total. The maximum absolute atomic E-state index is 14.7. The van der Waals surface area contributed by atoms with Crippen LogP contribution in [0.3, 0.4) is 0 Å². The van der Waals surface area contributed by atoms with Crippen molar-refractivity contribution in [2.45, 2.75) is 12.8 Å². The van der Waals surface area contributed by atoms with Crippen LogP contribution in [0.15, 0.2) is 42.5 Å². The van der Waals surface area contributed by atoms with Crippen molar-refractivity contribution in [2.75, 3.05) is 11.9 Å². The van der Waals surface area contributed by atoms with Crippen molar-refractivity contribution in [2.24, 2.45) is 5.73 Å². The zero-order valence-electron chi connectivity index (χ0n) is 15.4. The molecule has 0 spiro atoms. The highest BCUT2D eigenvalue weighted by Gasteiger charge is 2.21. The van der Waals surface area contributed by atoms with Crippen LogP contribution in [0.5, 0.6) is 0 Å². The number of hydrogen-bond acceptors (Lipinski definition) is 5. The molecule has 0 aliphatic carbocycles. The number of aldehydes is 1. The molecule has 0 bridgehead atoms. The molecule has 29 heavy (non-hydrogen) atoms. The summed E-state index contributed by atoms with van der Waals surface area (Å²) >= 11 is 0.983. The van der Waals surface area contributed by atoms with E-state index in [1.807, 2.05) is 0 Å². The third-order valence-corrected chi connectivity index (χ3v) is 5.52. The molecule has 0 fully saturated rings. The van der Waals surface area contributed by atoms with Gasteiger partial charge in [0, 0.05) is 28.7 Å². The molecule has 0 aliphatic rings. The standard InChI is InChI=1S/C21H18F2N2O3S/c1-11(9-26)13-6-16(22)19(17(23)7-13)18-8-15(20(24)28)21(29-18)25-14-4-2-12(10-27)3-5-14/h2-8,10-11,25-26H,9H2,1H3,(H2,24,28). The minimum atomic E-state index is -0.792. The number of primary amides is 1. The lowest BCUT2D eigenvalue weighted by Gasteiger charge is -2.11. The van der Waals surface area contributed by atoms with Gasteiger partial charge in [0.2, 0.25) is 0 Å². The lowest BCUT2D eigenvalue weighted by atomic mass is 9.99. The Bertz CT molecular complexity index is 1040. The number of nitrogens with two attached hydrogens (primary N) is 1. The first-order valence-corrected chi connectivity index (χ1v) is 9.51. The first-order chi connectivity index (χ1) is 13.8. The molecule has 0 aliphatic heterocycles. The maximum Gasteiger partial charge on any atom is 0.251 e. The molecule has 3 rings (SSSR count). The molecule has 1 atom stereocenters. The van der Waals surface area contributed by atoms with E-state index in [0.29, 0.717) is 28.1 Å². The zero-order chi connectivity index (χ0) is 21.1. The summed E-state index contributed by atoms with van der Waals surface area (Å²) in [4.78, 5) is 22.8. The quantitative estimate of drug-likeness (QED) is 0.497. The SMILES string of the molecule is CC(CO)c1cc(F)c(-c2cc(C(N)=O)c(Nc3ccc(C=O)cc3)s2)c(F)c1. The second-order valence-corrected chi connectivity index (χ2v) is 7.58. The minimum absolute atomic E-state index is 0.0936. The third kappa shape index (κ3) is 4.33. The number of carbonyl (C=O) groups is 2. The lowest BCUT2D eigenvalue weighted by molar-refractivity contribution is 0.100. The Morgan fingerprint density at radius 1 is 1.21 bits per heavy atom. The molecule has 4 N–H and O–H groups in total. The van der Waals surface area contributed by atoms with Crippen LogP contribution < -0.4 is 11.1 Å². The van der Waals surface area contributed by atoms with Gasteiger partial charge < -0.3 is 16.2 Å². The molecule has 8 heteroatoms. The van der Waals surface area contributed by atoms with Crippen LogP contribution in [-0.2, 0) is 0 Å². The van der Waals surface area contributed by atoms with Gasteiger partial charge in [-0.2, -0.15) is 0 Å². The van der Waals surface area contributed by atoms with Crippen LogP contribution in [-0.4, -0.2) is 23.9 Å². The van der Waals surface area contributed by atoms with Crippen molar-refractivity contribution in [1.82, 2.24) is 0 Å². The number of aliphatic hydroxyl groups is 1. The molecular weight excluding hydrogens is 398 g/mol. The van der Waals surface area contributed by atoms with E-state index in [9.17, 15) is 23.5 Å². The van der Waals surface area contributed by atoms with Gasteiger partial charge in [-0.05, 0) is 48.0 Å². The zero-order valence-corrected chi connectivity index (χ0v) is 16.2. The lowest BCUT2D eigenvalue weighted by Crippen LogP contribution is -2.11. The Morgan fingerprint density at radius 2 is 1.83 bits per heavy atom. The van der Waals surface area contributed by atoms with Gasteiger partial charge in [0.25, 0.3) is 5.91 Å². The summed E-state index contributed by atoms with van der Waals surface area (Å²) in [5.41, 5.74) is 6.66. The van der Waals surface area contributed by atoms with E-state index in [2.05, 4.69) is 5.32 Å². The van der Waals surface area contributed by atoms with Crippen molar-refractivity contribution in [3.63, 3.8) is 0 Å². The average Bonchev–Trinajstić information content (AvgIpc) is 3.10. The van der Waals surface area contributed by atoms with E-state index < -0.39 is 23.5 Å². The van der Waals surface area contributed by atoms with Gasteiger partial charge in [-0.15, -0.1) is 11.3 Å². The average molecular weight is 416 g/mol. The van der Waals surface area contributed by atoms with Crippen molar-refractivity contribution in [3.05, 3.63) is 70.8 Å². The number of halogens is 2. The maximum atomic E-state index is 14.7. The van der Waals surface area contributed by atoms with Crippen LogP contribution in [0, 0.1) is 11.6 Å². The summed E-state index contributed by atoms with van der Waals surface area (Å²) in [6.07, 6.45) is 0.703. The second-order valence-electron chi connectivity index (χ2n) is 6.53. The summed E-state index contributed by atoms with van der Waals surface area (Å²) in [5, 5.41) is 12.5. The largest absolute Gasteiger partial charge is 0.396 e. The predicted octanol–water partition coefficient (Wildman–Crippen LogP) is 4.44. The topological polar surface area (TPSA) is 92.4 Å². The molecule has 1 heterocycles. The van der Waals surface area contributed by atoms with Gasteiger partial charge in [0.15, 0.2) is 0 Å². The van der Waals surface area contributed by atoms with E-state index >= 15 is 0 Å². The number of thiophene rings is 1. The third-order valence-electron chi connectivity index (χ3n) is 4.46. The Labute approximate surface area is 169 Å². The molecule has 0 saturated heterocycles. The van der Waals surface area contributed by atoms with E-state index in [0.717, 1.165) is 11.3 Å². The van der Waals surface area contributed by atoms with Gasteiger partial charge in [-0.1, -0.05) is 6.92 Å². The fourth-order valence-corrected chi connectivity index (χ4v) is 3.92. The van der Waals surface area contributed by atoms with Crippen molar-refractivity contribution in [1.29, 1.82) is 0 Å². The molecule has 1 aromatic heterocycles. The Morgan fingerprint density at radius 3 is 2.34 bits per heavy atom. The number of amides is 1. The molecule has 1 amide bonds. The van der Waals surface area contributed by atoms with E-state index in [-0.39, 0.29) is 22.6 Å². The number of aliphatic hydroxyl groups excluding tert-OH is 1. The number of benzene rings is 2. The van der Waals surface area contributed by atoms with Crippen LogP contribution in [0.25, 0.3) is 10.4 Å². The fourth-order valence-electron chi connectivity index (χ4n) is 2.78.